The third-order valence-corrected chi connectivity index (χ3v) is 2.25. The van der Waals surface area contributed by atoms with Crippen LogP contribution in [0, 0.1) is 6.92 Å². The van der Waals surface area contributed by atoms with Crippen molar-refractivity contribution in [2.24, 2.45) is 0 Å². The molecule has 1 aliphatic rings. The summed E-state index contributed by atoms with van der Waals surface area (Å²) >= 11 is 0. The molecule has 0 saturated carbocycles. The molecule has 1 aliphatic heterocycles. The Morgan fingerprint density at radius 1 is 1.70 bits per heavy atom. The highest BCUT2D eigenvalue weighted by Crippen LogP contribution is 2.19. The number of hydrogen-bond acceptors (Lipinski definition) is 2. The predicted octanol–water partition coefficient (Wildman–Crippen LogP) is 0.666. The monoisotopic (exact) mass is 142 g/mol. The van der Waals surface area contributed by atoms with Crippen molar-refractivity contribution in [2.45, 2.75) is 31.9 Å². The quantitative estimate of drug-likeness (QED) is 0.612. The number of rotatable bonds is 2. The molecule has 0 aromatic heterocycles. The molecule has 2 nitrogen and oxygen atoms in total. The fraction of sp³-hybridized carbons (Fsp3) is 0.875. The van der Waals surface area contributed by atoms with Gasteiger partial charge in [0.25, 0.3) is 0 Å². The van der Waals surface area contributed by atoms with E-state index < -0.39 is 0 Å². The van der Waals surface area contributed by atoms with Gasteiger partial charge in [0.2, 0.25) is 0 Å². The Bertz CT molecular complexity index is 93.4. The van der Waals surface area contributed by atoms with Crippen molar-refractivity contribution in [3.63, 3.8) is 0 Å². The average Bonchev–Trinajstić information content (AvgIpc) is 2.30. The minimum absolute atomic E-state index is 0.105. The van der Waals surface area contributed by atoms with Crippen molar-refractivity contribution in [3.05, 3.63) is 6.92 Å². The molecule has 59 valence electrons. The molecule has 0 aliphatic carbocycles. The zero-order valence-corrected chi connectivity index (χ0v) is 6.58. The number of likely N-dealkylation sites (tertiary alicyclic amines) is 1. The summed E-state index contributed by atoms with van der Waals surface area (Å²) < 4.78 is 0. The smallest absolute Gasteiger partial charge is 0.0682 e. The summed E-state index contributed by atoms with van der Waals surface area (Å²) in [5, 5.41) is 9.26. The summed E-state index contributed by atoms with van der Waals surface area (Å²) in [6.07, 6.45) is 1.73. The van der Waals surface area contributed by atoms with E-state index in [0.717, 1.165) is 25.9 Å². The van der Waals surface area contributed by atoms with Gasteiger partial charge in [0.15, 0.2) is 0 Å². The van der Waals surface area contributed by atoms with Crippen LogP contribution in [0.15, 0.2) is 0 Å². The fourth-order valence-corrected chi connectivity index (χ4v) is 1.65. The molecule has 2 heteroatoms. The van der Waals surface area contributed by atoms with Gasteiger partial charge in [0.05, 0.1) is 6.10 Å². The molecule has 0 aromatic rings. The van der Waals surface area contributed by atoms with Gasteiger partial charge < -0.3 is 5.11 Å². The molecule has 0 amide bonds. The Balaban J connectivity index is 2.41. The van der Waals surface area contributed by atoms with Gasteiger partial charge in [-0.05, 0) is 19.4 Å². The predicted molar refractivity (Wildman–Crippen MR) is 41.6 cm³/mol. The lowest BCUT2D eigenvalue weighted by molar-refractivity contribution is 0.177. The summed E-state index contributed by atoms with van der Waals surface area (Å²) in [6.45, 7) is 7.86. The van der Waals surface area contributed by atoms with Crippen LogP contribution in [0.3, 0.4) is 0 Å². The van der Waals surface area contributed by atoms with E-state index in [-0.39, 0.29) is 6.10 Å². The van der Waals surface area contributed by atoms with Crippen molar-refractivity contribution >= 4 is 0 Å². The molecule has 1 saturated heterocycles. The molecule has 2 unspecified atom stereocenters. The SMILES string of the molecule is [CH2]CC1CC(O)CN1CC. The number of aliphatic hydroxyl groups is 1. The van der Waals surface area contributed by atoms with Crippen molar-refractivity contribution in [1.82, 2.24) is 4.90 Å². The second-order valence-corrected chi connectivity index (χ2v) is 2.92. The van der Waals surface area contributed by atoms with Gasteiger partial charge >= 0.3 is 0 Å². The van der Waals surface area contributed by atoms with E-state index in [1.54, 1.807) is 0 Å². The van der Waals surface area contributed by atoms with Gasteiger partial charge in [-0.25, -0.2) is 0 Å². The number of aliphatic hydroxyl groups excluding tert-OH is 1. The highest BCUT2D eigenvalue weighted by atomic mass is 16.3. The number of hydrogen-bond donors (Lipinski definition) is 1. The first-order chi connectivity index (χ1) is 4.77. The summed E-state index contributed by atoms with van der Waals surface area (Å²) in [5.41, 5.74) is 0. The minimum atomic E-state index is -0.105. The van der Waals surface area contributed by atoms with Gasteiger partial charge in [-0.3, -0.25) is 4.90 Å². The van der Waals surface area contributed by atoms with Crippen LogP contribution in [0.4, 0.5) is 0 Å². The van der Waals surface area contributed by atoms with E-state index >= 15 is 0 Å². The van der Waals surface area contributed by atoms with Crippen LogP contribution in [0.25, 0.3) is 0 Å². The van der Waals surface area contributed by atoms with Gasteiger partial charge in [0.1, 0.15) is 0 Å². The third kappa shape index (κ3) is 1.50. The molecule has 1 fully saturated rings. The van der Waals surface area contributed by atoms with Crippen molar-refractivity contribution in [1.29, 1.82) is 0 Å². The Morgan fingerprint density at radius 3 is 2.80 bits per heavy atom. The molecule has 1 rings (SSSR count). The second-order valence-electron chi connectivity index (χ2n) is 2.92. The van der Waals surface area contributed by atoms with Crippen molar-refractivity contribution in [2.75, 3.05) is 13.1 Å². The number of β-amino-alcohol motifs (C(OH)–C–C–N with tert-alkyl or cyclic N) is 1. The second kappa shape index (κ2) is 3.35. The van der Waals surface area contributed by atoms with E-state index in [2.05, 4.69) is 18.7 Å². The van der Waals surface area contributed by atoms with E-state index in [1.807, 2.05) is 0 Å². The highest BCUT2D eigenvalue weighted by Gasteiger charge is 2.27. The van der Waals surface area contributed by atoms with Crippen LogP contribution in [-0.4, -0.2) is 35.2 Å². The van der Waals surface area contributed by atoms with Crippen LogP contribution in [0.1, 0.15) is 19.8 Å². The molecule has 1 heterocycles. The molecular formula is C8H16NO. The summed E-state index contributed by atoms with van der Waals surface area (Å²) in [5.74, 6) is 0. The largest absolute Gasteiger partial charge is 0.392 e. The normalized spacial score (nSPS) is 35.1. The van der Waals surface area contributed by atoms with Gasteiger partial charge in [-0.15, -0.1) is 0 Å². The summed E-state index contributed by atoms with van der Waals surface area (Å²) in [4.78, 5) is 2.29. The van der Waals surface area contributed by atoms with Gasteiger partial charge in [-0.1, -0.05) is 13.8 Å². The Morgan fingerprint density at radius 2 is 2.40 bits per heavy atom. The first kappa shape index (κ1) is 8.02. The van der Waals surface area contributed by atoms with Crippen LogP contribution >= 0.6 is 0 Å². The average molecular weight is 142 g/mol. The lowest BCUT2D eigenvalue weighted by atomic mass is 10.1. The molecule has 1 N–H and O–H groups in total. The maximum absolute atomic E-state index is 9.26. The van der Waals surface area contributed by atoms with Crippen molar-refractivity contribution in [3.8, 4) is 0 Å². The first-order valence-electron chi connectivity index (χ1n) is 3.99. The maximum atomic E-state index is 9.26. The fourth-order valence-electron chi connectivity index (χ4n) is 1.65. The molecule has 0 aromatic carbocycles. The van der Waals surface area contributed by atoms with Crippen LogP contribution < -0.4 is 0 Å². The minimum Gasteiger partial charge on any atom is -0.392 e. The number of nitrogens with zero attached hydrogens (tertiary/aromatic N) is 1. The van der Waals surface area contributed by atoms with Crippen LogP contribution in [0.5, 0.6) is 0 Å². The summed E-state index contributed by atoms with van der Waals surface area (Å²) in [7, 11) is 0. The van der Waals surface area contributed by atoms with Crippen LogP contribution in [-0.2, 0) is 0 Å². The van der Waals surface area contributed by atoms with E-state index in [4.69, 9.17) is 0 Å². The Hall–Kier alpha value is -0.0800. The molecule has 10 heavy (non-hydrogen) atoms. The molecule has 0 bridgehead atoms. The van der Waals surface area contributed by atoms with E-state index in [1.165, 1.54) is 0 Å². The van der Waals surface area contributed by atoms with E-state index in [9.17, 15) is 5.11 Å². The lowest BCUT2D eigenvalue weighted by Crippen LogP contribution is -2.28. The zero-order chi connectivity index (χ0) is 7.56. The molecule has 1 radical (unpaired) electrons. The van der Waals surface area contributed by atoms with Gasteiger partial charge in [-0.2, -0.15) is 0 Å². The van der Waals surface area contributed by atoms with Crippen molar-refractivity contribution < 1.29 is 5.11 Å². The third-order valence-electron chi connectivity index (χ3n) is 2.25. The Labute approximate surface area is 62.8 Å². The zero-order valence-electron chi connectivity index (χ0n) is 6.58. The molecule has 2 atom stereocenters. The number of likely N-dealkylation sites (N-methyl/N-ethyl adjacent to an activating group) is 1. The summed E-state index contributed by atoms with van der Waals surface area (Å²) in [6, 6.07) is 0.528. The maximum Gasteiger partial charge on any atom is 0.0682 e. The van der Waals surface area contributed by atoms with E-state index in [0.29, 0.717) is 6.04 Å². The molecular weight excluding hydrogens is 126 g/mol. The lowest BCUT2D eigenvalue weighted by Gasteiger charge is -2.19. The topological polar surface area (TPSA) is 23.5 Å². The molecule has 0 spiro atoms. The Kier molecular flexibility index (Phi) is 2.69. The highest BCUT2D eigenvalue weighted by molar-refractivity contribution is 4.84. The van der Waals surface area contributed by atoms with Gasteiger partial charge in [0, 0.05) is 12.6 Å². The van der Waals surface area contributed by atoms with Crippen LogP contribution in [0.2, 0.25) is 0 Å². The first-order valence-corrected chi connectivity index (χ1v) is 3.99. The standard InChI is InChI=1S/C8H16NO/c1-3-7-5-8(10)6-9(7)4-2/h7-8,10H,1,3-6H2,2H3.